The highest BCUT2D eigenvalue weighted by molar-refractivity contribution is 8.13. The van der Waals surface area contributed by atoms with E-state index in [4.69, 9.17) is 10.7 Å². The quantitative estimate of drug-likeness (QED) is 0.865. The molecule has 0 aliphatic carbocycles. The van der Waals surface area contributed by atoms with Gasteiger partial charge in [0.25, 0.3) is 0 Å². The zero-order chi connectivity index (χ0) is 14.6. The SMILES string of the molecule is C=C(C=C(C)C1(CC)CCSC(N)=N1)c1cncnc1. The van der Waals surface area contributed by atoms with Gasteiger partial charge in [-0.2, -0.15) is 0 Å². The lowest BCUT2D eigenvalue weighted by atomic mass is 9.84. The van der Waals surface area contributed by atoms with Crippen molar-refractivity contribution in [3.63, 3.8) is 0 Å². The van der Waals surface area contributed by atoms with Gasteiger partial charge in [-0.15, -0.1) is 0 Å². The molecule has 0 bridgehead atoms. The van der Waals surface area contributed by atoms with Gasteiger partial charge in [-0.05, 0) is 30.9 Å². The van der Waals surface area contributed by atoms with Gasteiger partial charge in [0.15, 0.2) is 5.17 Å². The molecule has 1 aliphatic heterocycles. The zero-order valence-corrected chi connectivity index (χ0v) is 12.8. The van der Waals surface area contributed by atoms with Crippen LogP contribution in [0.25, 0.3) is 5.57 Å². The molecule has 1 aromatic heterocycles. The summed E-state index contributed by atoms with van der Waals surface area (Å²) in [6, 6.07) is 0. The zero-order valence-electron chi connectivity index (χ0n) is 12.0. The third kappa shape index (κ3) is 3.10. The Kier molecular flexibility index (Phi) is 4.60. The molecule has 1 unspecified atom stereocenters. The molecule has 1 aromatic rings. The lowest BCUT2D eigenvalue weighted by Crippen LogP contribution is -2.34. The van der Waals surface area contributed by atoms with Crippen molar-refractivity contribution in [3.05, 3.63) is 42.5 Å². The van der Waals surface area contributed by atoms with E-state index in [1.807, 2.05) is 0 Å². The first-order valence-corrected chi connectivity index (χ1v) is 7.67. The summed E-state index contributed by atoms with van der Waals surface area (Å²) in [5.74, 6) is 1.01. The maximum atomic E-state index is 5.91. The van der Waals surface area contributed by atoms with E-state index in [0.29, 0.717) is 5.17 Å². The van der Waals surface area contributed by atoms with Gasteiger partial charge in [-0.3, -0.25) is 4.99 Å². The van der Waals surface area contributed by atoms with Gasteiger partial charge in [-0.25, -0.2) is 9.97 Å². The van der Waals surface area contributed by atoms with E-state index < -0.39 is 0 Å². The maximum Gasteiger partial charge on any atom is 0.154 e. The van der Waals surface area contributed by atoms with Gasteiger partial charge in [0.1, 0.15) is 6.33 Å². The van der Waals surface area contributed by atoms with Crippen molar-refractivity contribution in [1.29, 1.82) is 0 Å². The van der Waals surface area contributed by atoms with Crippen LogP contribution >= 0.6 is 11.8 Å². The predicted molar refractivity (Wildman–Crippen MR) is 86.5 cm³/mol. The summed E-state index contributed by atoms with van der Waals surface area (Å²) in [6.07, 6.45) is 9.09. The molecule has 0 aromatic carbocycles. The summed E-state index contributed by atoms with van der Waals surface area (Å²) in [5.41, 5.74) is 8.75. The molecule has 1 aliphatic rings. The molecule has 4 nitrogen and oxygen atoms in total. The molecule has 0 radical (unpaired) electrons. The number of hydrogen-bond donors (Lipinski definition) is 1. The van der Waals surface area contributed by atoms with E-state index >= 15 is 0 Å². The van der Waals surface area contributed by atoms with Gasteiger partial charge in [0, 0.05) is 23.7 Å². The second-order valence-electron chi connectivity index (χ2n) is 4.91. The molecule has 0 saturated carbocycles. The minimum absolute atomic E-state index is 0.187. The molecule has 0 amide bonds. The number of aliphatic imine (C=N–C) groups is 1. The first kappa shape index (κ1) is 14.8. The third-order valence-corrected chi connectivity index (χ3v) is 4.53. The fourth-order valence-corrected chi connectivity index (χ4v) is 3.28. The van der Waals surface area contributed by atoms with Gasteiger partial charge in [0.2, 0.25) is 0 Å². The molecule has 5 heteroatoms. The Labute approximate surface area is 124 Å². The van der Waals surface area contributed by atoms with Crippen LogP contribution in [-0.4, -0.2) is 26.4 Å². The number of aromatic nitrogens is 2. The molecule has 1 atom stereocenters. The summed E-state index contributed by atoms with van der Waals surface area (Å²) >= 11 is 1.63. The smallest absolute Gasteiger partial charge is 0.154 e. The summed E-state index contributed by atoms with van der Waals surface area (Å²) in [6.45, 7) is 8.36. The fourth-order valence-electron chi connectivity index (χ4n) is 2.39. The van der Waals surface area contributed by atoms with Crippen LogP contribution in [0.4, 0.5) is 0 Å². The minimum Gasteiger partial charge on any atom is -0.379 e. The number of amidine groups is 1. The number of hydrogen-bond acceptors (Lipinski definition) is 5. The highest BCUT2D eigenvalue weighted by atomic mass is 32.2. The third-order valence-electron chi connectivity index (χ3n) is 3.73. The summed E-state index contributed by atoms with van der Waals surface area (Å²) in [7, 11) is 0. The first-order valence-electron chi connectivity index (χ1n) is 6.68. The number of allylic oxidation sites excluding steroid dienone is 2. The van der Waals surface area contributed by atoms with Crippen LogP contribution in [-0.2, 0) is 0 Å². The monoisotopic (exact) mass is 288 g/mol. The Bertz CT molecular complexity index is 550. The number of thioether (sulfide) groups is 1. The van der Waals surface area contributed by atoms with Crippen LogP contribution in [0, 0.1) is 0 Å². The molecule has 20 heavy (non-hydrogen) atoms. The molecule has 2 N–H and O–H groups in total. The summed E-state index contributed by atoms with van der Waals surface area (Å²) in [5, 5.41) is 0.680. The molecule has 0 fully saturated rings. The van der Waals surface area contributed by atoms with Crippen molar-refractivity contribution >= 4 is 22.5 Å². The second-order valence-corrected chi connectivity index (χ2v) is 6.03. The van der Waals surface area contributed by atoms with E-state index in [9.17, 15) is 0 Å². The largest absolute Gasteiger partial charge is 0.379 e. The van der Waals surface area contributed by atoms with Crippen molar-refractivity contribution in [1.82, 2.24) is 9.97 Å². The molecule has 2 heterocycles. The van der Waals surface area contributed by atoms with Crippen LogP contribution in [0.5, 0.6) is 0 Å². The van der Waals surface area contributed by atoms with Crippen molar-refractivity contribution < 1.29 is 0 Å². The summed E-state index contributed by atoms with van der Waals surface area (Å²) < 4.78 is 0. The Morgan fingerprint density at radius 1 is 1.50 bits per heavy atom. The van der Waals surface area contributed by atoms with E-state index in [1.54, 1.807) is 24.2 Å². The van der Waals surface area contributed by atoms with Crippen molar-refractivity contribution in [2.75, 3.05) is 5.75 Å². The fraction of sp³-hybridized carbons (Fsp3) is 0.400. The van der Waals surface area contributed by atoms with Gasteiger partial charge >= 0.3 is 0 Å². The van der Waals surface area contributed by atoms with Crippen molar-refractivity contribution in [2.45, 2.75) is 32.2 Å². The highest BCUT2D eigenvalue weighted by Gasteiger charge is 2.32. The average Bonchev–Trinajstić information content (AvgIpc) is 2.47. The van der Waals surface area contributed by atoms with Gasteiger partial charge in [-0.1, -0.05) is 31.3 Å². The Morgan fingerprint density at radius 2 is 2.20 bits per heavy atom. The molecular weight excluding hydrogens is 268 g/mol. The lowest BCUT2D eigenvalue weighted by molar-refractivity contribution is 0.469. The van der Waals surface area contributed by atoms with Crippen LogP contribution in [0.2, 0.25) is 0 Å². The predicted octanol–water partition coefficient (Wildman–Crippen LogP) is 3.04. The minimum atomic E-state index is -0.187. The van der Waals surface area contributed by atoms with E-state index in [-0.39, 0.29) is 5.54 Å². The van der Waals surface area contributed by atoms with Gasteiger partial charge in [0.05, 0.1) is 5.54 Å². The standard InChI is InChI=1S/C15H20N4S/c1-4-15(5-6-20-14(16)19-15)12(3)7-11(2)13-8-17-10-18-9-13/h7-10H,2,4-6H2,1,3H3,(H2,16,19). The normalized spacial score (nSPS) is 23.3. The van der Waals surface area contributed by atoms with Crippen LogP contribution in [0.1, 0.15) is 32.3 Å². The van der Waals surface area contributed by atoms with Crippen molar-refractivity contribution in [2.24, 2.45) is 10.7 Å². The second kappa shape index (κ2) is 6.22. The Hall–Kier alpha value is -1.62. The molecule has 106 valence electrons. The molecule has 0 spiro atoms. The number of nitrogens with two attached hydrogens (primary N) is 1. The van der Waals surface area contributed by atoms with Crippen molar-refractivity contribution in [3.8, 4) is 0 Å². The number of nitrogens with zero attached hydrogens (tertiary/aromatic N) is 3. The highest BCUT2D eigenvalue weighted by Crippen LogP contribution is 2.36. The molecular formula is C15H20N4S. The van der Waals surface area contributed by atoms with E-state index in [2.05, 4.69) is 36.5 Å². The number of rotatable bonds is 4. The van der Waals surface area contributed by atoms with E-state index in [1.165, 1.54) is 11.9 Å². The first-order chi connectivity index (χ1) is 9.57. The summed E-state index contributed by atoms with van der Waals surface area (Å²) in [4.78, 5) is 12.7. The van der Waals surface area contributed by atoms with E-state index in [0.717, 1.165) is 29.7 Å². The molecule has 0 saturated heterocycles. The van der Waals surface area contributed by atoms with Crippen LogP contribution in [0.3, 0.4) is 0 Å². The Balaban J connectivity index is 2.29. The topological polar surface area (TPSA) is 64.2 Å². The average molecular weight is 288 g/mol. The maximum absolute atomic E-state index is 5.91. The van der Waals surface area contributed by atoms with Crippen LogP contribution in [0.15, 0.2) is 41.9 Å². The molecule has 2 rings (SSSR count). The van der Waals surface area contributed by atoms with Crippen LogP contribution < -0.4 is 5.73 Å². The van der Waals surface area contributed by atoms with Gasteiger partial charge < -0.3 is 5.73 Å². The Morgan fingerprint density at radius 3 is 2.80 bits per heavy atom. The lowest BCUT2D eigenvalue weighted by Gasteiger charge is -2.33.